The van der Waals surface area contributed by atoms with Crippen LogP contribution in [-0.4, -0.2) is 170 Å². The Morgan fingerprint density at radius 1 is 0.725 bits per heavy atom. The van der Waals surface area contributed by atoms with Crippen LogP contribution < -0.4 is 21.3 Å². The third-order valence-electron chi connectivity index (χ3n) is 14.7. The number of hydrogen-bond donors (Lipinski definition) is 5. The normalized spacial score (nSPS) is 31.9. The van der Waals surface area contributed by atoms with Crippen LogP contribution in [0.25, 0.3) is 0 Å². The van der Waals surface area contributed by atoms with Gasteiger partial charge in [0.2, 0.25) is 23.6 Å². The highest BCUT2D eigenvalue weighted by Crippen LogP contribution is 2.43. The molecule has 69 heavy (non-hydrogen) atoms. The Bertz CT molecular complexity index is 1870. The number of likely N-dealkylation sites (tertiary alicyclic amines) is 2. The summed E-state index contributed by atoms with van der Waals surface area (Å²) >= 11 is 0. The Balaban J connectivity index is 1.02. The lowest BCUT2D eigenvalue weighted by Gasteiger charge is -2.37. The number of Topliss-reactive ketones (excluding diaryl/α,β-unsaturated/α-hetero) is 2. The second-order valence-corrected chi connectivity index (χ2v) is 19.3. The Labute approximate surface area is 394 Å². The van der Waals surface area contributed by atoms with Crippen LogP contribution >= 0.6 is 0 Å². The summed E-state index contributed by atoms with van der Waals surface area (Å²) in [6.45, 7) is -1.33. The van der Waals surface area contributed by atoms with Crippen LogP contribution in [0.2, 0.25) is 0 Å². The molecule has 25 heteroatoms. The zero-order chi connectivity index (χ0) is 49.6. The number of fused-ring (bicyclic) bond motifs is 1. The second kappa shape index (κ2) is 23.0. The van der Waals surface area contributed by atoms with E-state index in [0.29, 0.717) is 71.2 Å². The molecule has 1 saturated carbocycles. The van der Waals surface area contributed by atoms with Gasteiger partial charge in [-0.1, -0.05) is 6.42 Å². The predicted molar refractivity (Wildman–Crippen MR) is 222 cm³/mol. The number of nitrogens with one attached hydrogen (secondary N) is 4. The number of halogens is 6. The smallest absolute Gasteiger partial charge is 0.378 e. The quantitative estimate of drug-likeness (QED) is 0.108. The fourth-order valence-corrected chi connectivity index (χ4v) is 11.1. The maximum absolute atomic E-state index is 14.1. The topological polar surface area (TPSA) is 240 Å². The van der Waals surface area contributed by atoms with Crippen molar-refractivity contribution in [2.24, 2.45) is 29.6 Å². The third kappa shape index (κ3) is 13.9. The average molecular weight is 997 g/mol. The van der Waals surface area contributed by atoms with Crippen molar-refractivity contribution in [3.05, 3.63) is 0 Å². The van der Waals surface area contributed by atoms with Crippen molar-refractivity contribution in [1.82, 2.24) is 31.1 Å². The molecule has 1 aliphatic carbocycles. The molecule has 5 N–H and O–H groups in total. The van der Waals surface area contributed by atoms with E-state index in [1.54, 1.807) is 0 Å². The summed E-state index contributed by atoms with van der Waals surface area (Å²) in [6.07, 6.45) is -9.34. The molecule has 5 amide bonds. The van der Waals surface area contributed by atoms with Crippen LogP contribution in [0.1, 0.15) is 89.9 Å². The molecule has 6 heterocycles. The van der Waals surface area contributed by atoms with Crippen molar-refractivity contribution in [3.63, 3.8) is 0 Å². The van der Waals surface area contributed by atoms with Gasteiger partial charge in [0, 0.05) is 44.7 Å². The van der Waals surface area contributed by atoms with Gasteiger partial charge in [-0.25, -0.2) is 0 Å². The lowest BCUT2D eigenvalue weighted by Crippen LogP contribution is -2.55. The van der Waals surface area contributed by atoms with Gasteiger partial charge in [-0.3, -0.25) is 48.4 Å². The highest BCUT2D eigenvalue weighted by atomic mass is 19.4. The molecule has 13 atom stereocenters. The number of rotatable bonds is 20. The van der Waals surface area contributed by atoms with Gasteiger partial charge in [-0.2, -0.15) is 0 Å². The van der Waals surface area contributed by atoms with E-state index in [-0.39, 0.29) is 63.0 Å². The van der Waals surface area contributed by atoms with Gasteiger partial charge in [-0.05, 0) is 108 Å². The number of aliphatic hydroxyl groups is 1. The first-order valence-corrected chi connectivity index (χ1v) is 24.0. The van der Waals surface area contributed by atoms with Crippen LogP contribution in [0, 0.1) is 29.6 Å². The van der Waals surface area contributed by atoms with Crippen LogP contribution in [-0.2, 0) is 57.2 Å². The average Bonchev–Trinajstić information content (AvgIpc) is 4.16. The minimum absolute atomic E-state index is 0.0163. The molecule has 0 aromatic rings. The first-order chi connectivity index (χ1) is 32.7. The monoisotopic (exact) mass is 996 g/mol. The molecule has 7 fully saturated rings. The first-order valence-electron chi connectivity index (χ1n) is 24.0. The van der Waals surface area contributed by atoms with Crippen molar-refractivity contribution in [2.75, 3.05) is 52.7 Å². The molecule has 19 nitrogen and oxygen atoms in total. The maximum Gasteiger partial charge on any atom is 0.522 e. The molecule has 0 aromatic heterocycles. The highest BCUT2D eigenvalue weighted by Gasteiger charge is 2.52. The van der Waals surface area contributed by atoms with E-state index in [2.05, 4.69) is 30.7 Å². The first kappa shape index (κ1) is 52.8. The van der Waals surface area contributed by atoms with Gasteiger partial charge in [0.15, 0.2) is 11.6 Å². The number of aliphatic hydroxyl groups excluding tert-OH is 1. The molecule has 7 rings (SSSR count). The Morgan fingerprint density at radius 3 is 2.00 bits per heavy atom. The van der Waals surface area contributed by atoms with E-state index in [9.17, 15) is 65.0 Å². The van der Waals surface area contributed by atoms with E-state index in [1.165, 1.54) is 9.80 Å². The number of amides is 5. The number of nitrogens with zero attached hydrogens (tertiary/aromatic N) is 2. The van der Waals surface area contributed by atoms with Crippen molar-refractivity contribution in [2.45, 2.75) is 151 Å². The lowest BCUT2D eigenvalue weighted by molar-refractivity contribution is -0.321. The number of ether oxygens (including phenoxy) is 5. The third-order valence-corrected chi connectivity index (χ3v) is 14.7. The summed E-state index contributed by atoms with van der Waals surface area (Å²) in [4.78, 5) is 98.7. The number of hydrogen-bond acceptors (Lipinski definition) is 14. The zero-order valence-electron chi connectivity index (χ0n) is 38.1. The minimum atomic E-state index is -5.17. The van der Waals surface area contributed by atoms with E-state index in [0.717, 1.165) is 12.8 Å². The molecule has 7 aliphatic rings. The number of carbonyl (C=O) groups is 7. The number of ketones is 2. The van der Waals surface area contributed by atoms with Crippen molar-refractivity contribution in [1.29, 1.82) is 0 Å². The minimum Gasteiger partial charge on any atom is -0.378 e. The summed E-state index contributed by atoms with van der Waals surface area (Å²) < 4.78 is 103. The van der Waals surface area contributed by atoms with Crippen LogP contribution in [0.3, 0.4) is 0 Å². The molecule has 388 valence electrons. The summed E-state index contributed by atoms with van der Waals surface area (Å²) in [5.41, 5.74) is 0. The number of alkyl halides is 6. The van der Waals surface area contributed by atoms with E-state index in [4.69, 9.17) is 14.2 Å². The van der Waals surface area contributed by atoms with E-state index < -0.39 is 128 Å². The molecule has 0 bridgehead atoms. The van der Waals surface area contributed by atoms with Crippen molar-refractivity contribution < 1.29 is 88.7 Å². The van der Waals surface area contributed by atoms with Gasteiger partial charge in [0.25, 0.3) is 5.91 Å². The van der Waals surface area contributed by atoms with Gasteiger partial charge < -0.3 is 45.1 Å². The van der Waals surface area contributed by atoms with E-state index >= 15 is 0 Å². The van der Waals surface area contributed by atoms with Gasteiger partial charge in [0.05, 0.1) is 12.1 Å². The standard InChI is InChI=1S/C44H62F6N6O13/c45-43(46,47)68-21-31(57)28(18-24-8-11-51-37(24)59)52-38(60)30(54-39(61)33-6-2-13-65-33)16-23-10-15-67-35(17-23)55-12-9-25(41(55)63)19-29(32(58)22-69-44(48,49)50)53-40(62)36-27-5-1-4-26(27)20-56(36)42(64)34-7-3-14-66-34/h23-30,33-37,51,59H,1-22H2,(H,52,60)(H,53,62)(H,54,61)/t23?,24-,25-,26-,27-,28-,29-,30?,33+,34+,35?,36-,37?/m0/s1. The highest BCUT2D eigenvalue weighted by molar-refractivity contribution is 5.96. The SMILES string of the molecule is O=C(N[C@@H](C[C@@H]1CCNC1O)C(=O)COC(F)(F)F)C(CC1CCOC(N2CC[C@@H](C[C@H](NC(=O)[C@@H]3[C@H]4CCC[C@H]4CN3C(=O)[C@H]3CCCO3)C(=O)COC(F)(F)F)C2=O)C1)NC(=O)[C@H]1CCCO1. The van der Waals surface area contributed by atoms with Crippen LogP contribution in [0.5, 0.6) is 0 Å². The molecule has 0 spiro atoms. The molecule has 6 aliphatic heterocycles. The van der Waals surface area contributed by atoms with Crippen LogP contribution in [0.15, 0.2) is 0 Å². The molecular weight excluding hydrogens is 935 g/mol. The Hall–Kier alpha value is -4.01. The molecule has 0 aromatic carbocycles. The van der Waals surface area contributed by atoms with Crippen molar-refractivity contribution >= 4 is 41.1 Å². The largest absolute Gasteiger partial charge is 0.522 e. The van der Waals surface area contributed by atoms with E-state index in [1.807, 2.05) is 0 Å². The zero-order valence-corrected chi connectivity index (χ0v) is 38.1. The van der Waals surface area contributed by atoms with Crippen molar-refractivity contribution in [3.8, 4) is 0 Å². The fourth-order valence-electron chi connectivity index (χ4n) is 11.1. The molecule has 6 saturated heterocycles. The van der Waals surface area contributed by atoms with Gasteiger partial charge in [-0.15, -0.1) is 26.3 Å². The predicted octanol–water partition coefficient (Wildman–Crippen LogP) is 1.34. The molecule has 4 unspecified atom stereocenters. The molecular formula is C44H62F6N6O13. The summed E-state index contributed by atoms with van der Waals surface area (Å²) in [6, 6.07) is -5.47. The maximum atomic E-state index is 14.1. The fraction of sp³-hybridized carbons (Fsp3) is 0.841. The Kier molecular flexibility index (Phi) is 17.6. The summed E-state index contributed by atoms with van der Waals surface area (Å²) in [7, 11) is 0. The molecule has 0 radical (unpaired) electrons. The Morgan fingerprint density at radius 2 is 1.38 bits per heavy atom. The number of carbonyl (C=O) groups excluding carboxylic acids is 7. The lowest BCUT2D eigenvalue weighted by atomic mass is 9.89. The van der Waals surface area contributed by atoms with Gasteiger partial charge >= 0.3 is 12.7 Å². The summed E-state index contributed by atoms with van der Waals surface area (Å²) in [5.74, 6) is -7.55. The summed E-state index contributed by atoms with van der Waals surface area (Å²) in [5, 5.41) is 20.9. The second-order valence-electron chi connectivity index (χ2n) is 19.3. The van der Waals surface area contributed by atoms with Gasteiger partial charge in [0.1, 0.15) is 50.0 Å². The van der Waals surface area contributed by atoms with Crippen LogP contribution in [0.4, 0.5) is 26.3 Å².